The largest absolute Gasteiger partial charge is 0.306 e. The fourth-order valence-corrected chi connectivity index (χ4v) is 3.00. The van der Waals surface area contributed by atoms with Gasteiger partial charge in [-0.05, 0) is 42.3 Å². The van der Waals surface area contributed by atoms with E-state index in [1.807, 2.05) is 0 Å². The third-order valence-electron chi connectivity index (χ3n) is 3.85. The molecule has 1 heterocycles. The first kappa shape index (κ1) is 17.2. The summed E-state index contributed by atoms with van der Waals surface area (Å²) >= 11 is -1.89. The molecule has 2 aromatic carbocycles. The molecule has 25 heavy (non-hydrogen) atoms. The second kappa shape index (κ2) is 7.08. The predicted molar refractivity (Wildman–Crippen MR) is 94.4 cm³/mol. The van der Waals surface area contributed by atoms with E-state index >= 15 is 0 Å². The third-order valence-corrected chi connectivity index (χ3v) is 4.43. The second-order valence-corrected chi connectivity index (χ2v) is 6.47. The van der Waals surface area contributed by atoms with Crippen LogP contribution in [0.1, 0.15) is 11.1 Å². The number of benzene rings is 2. The van der Waals surface area contributed by atoms with Gasteiger partial charge in [0.2, 0.25) is 0 Å². The minimum absolute atomic E-state index is 0.0592. The molecule has 0 aliphatic carbocycles. The molecular weight excluding hydrogens is 343 g/mol. The van der Waals surface area contributed by atoms with Crippen molar-refractivity contribution in [3.63, 3.8) is 0 Å². The standard InChI is InChI=1S/C18H15FN2O3S/c1-12-17(14-4-2-13(3-5-14)11-25(23)24)10-20-21(18(12)22)16-8-6-15(19)7-9-16/h2-10H,11H2,1H3,(H,23,24). The molecule has 0 spiro atoms. The zero-order valence-corrected chi connectivity index (χ0v) is 14.2. The molecule has 1 aromatic heterocycles. The molecule has 0 saturated carbocycles. The first-order chi connectivity index (χ1) is 12.0. The van der Waals surface area contributed by atoms with E-state index in [1.54, 1.807) is 37.4 Å². The van der Waals surface area contributed by atoms with E-state index in [9.17, 15) is 13.4 Å². The van der Waals surface area contributed by atoms with E-state index in [2.05, 4.69) is 5.10 Å². The Morgan fingerprint density at radius 2 is 1.76 bits per heavy atom. The van der Waals surface area contributed by atoms with Crippen LogP contribution in [-0.4, -0.2) is 18.5 Å². The van der Waals surface area contributed by atoms with E-state index < -0.39 is 11.1 Å². The molecule has 0 saturated heterocycles. The predicted octanol–water partition coefficient (Wildman–Crippen LogP) is 3.07. The van der Waals surface area contributed by atoms with Gasteiger partial charge < -0.3 is 4.55 Å². The van der Waals surface area contributed by atoms with Gasteiger partial charge in [-0.2, -0.15) is 9.78 Å². The zero-order valence-electron chi connectivity index (χ0n) is 13.3. The first-order valence-electron chi connectivity index (χ1n) is 7.47. The van der Waals surface area contributed by atoms with E-state index in [1.165, 1.54) is 28.9 Å². The lowest BCUT2D eigenvalue weighted by Crippen LogP contribution is -2.23. The molecule has 3 rings (SSSR count). The molecule has 1 atom stereocenters. The van der Waals surface area contributed by atoms with Crippen LogP contribution in [0, 0.1) is 12.7 Å². The van der Waals surface area contributed by atoms with E-state index in [0.29, 0.717) is 16.8 Å². The molecular formula is C18H15FN2O3S. The zero-order chi connectivity index (χ0) is 18.0. The van der Waals surface area contributed by atoms with E-state index in [0.717, 1.165) is 11.1 Å². The van der Waals surface area contributed by atoms with E-state index in [4.69, 9.17) is 4.55 Å². The van der Waals surface area contributed by atoms with Gasteiger partial charge in [-0.15, -0.1) is 0 Å². The van der Waals surface area contributed by atoms with Crippen LogP contribution in [-0.2, 0) is 16.8 Å². The average Bonchev–Trinajstić information content (AvgIpc) is 2.59. The topological polar surface area (TPSA) is 72.2 Å². The van der Waals surface area contributed by atoms with Crippen LogP contribution < -0.4 is 5.56 Å². The summed E-state index contributed by atoms with van der Waals surface area (Å²) in [5, 5.41) is 4.18. The minimum Gasteiger partial charge on any atom is -0.306 e. The van der Waals surface area contributed by atoms with Crippen LogP contribution in [0.2, 0.25) is 0 Å². The van der Waals surface area contributed by atoms with Gasteiger partial charge in [0.05, 0.1) is 17.6 Å². The molecule has 5 nitrogen and oxygen atoms in total. The fraction of sp³-hybridized carbons (Fsp3) is 0.111. The highest BCUT2D eigenvalue weighted by atomic mass is 32.2. The van der Waals surface area contributed by atoms with Gasteiger partial charge in [-0.3, -0.25) is 4.79 Å². The quantitative estimate of drug-likeness (QED) is 0.728. The summed E-state index contributed by atoms with van der Waals surface area (Å²) in [5.41, 5.74) is 2.92. The van der Waals surface area contributed by atoms with Crippen molar-refractivity contribution in [1.82, 2.24) is 9.78 Å². The molecule has 0 bridgehead atoms. The molecule has 3 aromatic rings. The van der Waals surface area contributed by atoms with Crippen molar-refractivity contribution in [2.75, 3.05) is 0 Å². The van der Waals surface area contributed by atoms with Crippen LogP contribution in [0.4, 0.5) is 4.39 Å². The lowest BCUT2D eigenvalue weighted by molar-refractivity contribution is 0.563. The number of aromatic nitrogens is 2. The molecule has 1 unspecified atom stereocenters. The highest BCUT2D eigenvalue weighted by Gasteiger charge is 2.11. The average molecular weight is 358 g/mol. The molecule has 128 valence electrons. The van der Waals surface area contributed by atoms with Crippen molar-refractivity contribution in [2.24, 2.45) is 0 Å². The molecule has 1 N–H and O–H groups in total. The fourth-order valence-electron chi connectivity index (χ4n) is 2.52. The third kappa shape index (κ3) is 3.72. The SMILES string of the molecule is Cc1c(-c2ccc(CS(=O)O)cc2)cnn(-c2ccc(F)cc2)c1=O. The Hall–Kier alpha value is -2.64. The van der Waals surface area contributed by atoms with Gasteiger partial charge >= 0.3 is 0 Å². The van der Waals surface area contributed by atoms with Crippen LogP contribution in [0.3, 0.4) is 0 Å². The number of nitrogens with zero attached hydrogens (tertiary/aromatic N) is 2. The Balaban J connectivity index is 1.99. The smallest absolute Gasteiger partial charge is 0.275 e. The van der Waals surface area contributed by atoms with Crippen molar-refractivity contribution in [2.45, 2.75) is 12.7 Å². The Bertz CT molecular complexity index is 983. The summed E-state index contributed by atoms with van der Waals surface area (Å²) in [7, 11) is 0. The van der Waals surface area contributed by atoms with Crippen molar-refractivity contribution >= 4 is 11.1 Å². The highest BCUT2D eigenvalue weighted by molar-refractivity contribution is 7.78. The Morgan fingerprint density at radius 3 is 2.36 bits per heavy atom. The Morgan fingerprint density at radius 1 is 1.12 bits per heavy atom. The van der Waals surface area contributed by atoms with Gasteiger partial charge in [0.1, 0.15) is 5.82 Å². The Kier molecular flexibility index (Phi) is 4.87. The number of rotatable bonds is 4. The van der Waals surface area contributed by atoms with Gasteiger partial charge in [-0.25, -0.2) is 8.60 Å². The van der Waals surface area contributed by atoms with Crippen molar-refractivity contribution in [3.8, 4) is 16.8 Å². The summed E-state index contributed by atoms with van der Waals surface area (Å²) in [4.78, 5) is 12.6. The van der Waals surface area contributed by atoms with Gasteiger partial charge in [0.15, 0.2) is 11.1 Å². The molecule has 7 heteroatoms. The summed E-state index contributed by atoms with van der Waals surface area (Å²) in [6.07, 6.45) is 1.58. The molecule has 0 amide bonds. The molecule has 0 radical (unpaired) electrons. The highest BCUT2D eigenvalue weighted by Crippen LogP contribution is 2.21. The van der Waals surface area contributed by atoms with Crippen molar-refractivity contribution < 1.29 is 13.2 Å². The molecule has 0 aliphatic rings. The maximum atomic E-state index is 13.0. The summed E-state index contributed by atoms with van der Waals surface area (Å²) < 4.78 is 34.0. The maximum absolute atomic E-state index is 13.0. The van der Waals surface area contributed by atoms with Gasteiger partial charge in [0.25, 0.3) is 5.56 Å². The molecule has 0 aliphatic heterocycles. The first-order valence-corrected chi connectivity index (χ1v) is 8.75. The summed E-state index contributed by atoms with van der Waals surface area (Å²) in [6, 6.07) is 12.6. The normalized spacial score (nSPS) is 12.1. The number of hydrogen-bond acceptors (Lipinski definition) is 3. The molecule has 0 fully saturated rings. The van der Waals surface area contributed by atoms with Crippen LogP contribution in [0.25, 0.3) is 16.8 Å². The summed E-state index contributed by atoms with van der Waals surface area (Å²) in [6.45, 7) is 1.70. The Labute approximate surface area is 146 Å². The number of halogens is 1. The van der Waals surface area contributed by atoms with Crippen LogP contribution in [0.15, 0.2) is 59.5 Å². The van der Waals surface area contributed by atoms with E-state index in [-0.39, 0.29) is 17.1 Å². The monoisotopic (exact) mass is 358 g/mol. The van der Waals surface area contributed by atoms with Crippen LogP contribution in [0.5, 0.6) is 0 Å². The summed E-state index contributed by atoms with van der Waals surface area (Å²) in [5.74, 6) is -0.321. The lowest BCUT2D eigenvalue weighted by atomic mass is 10.0. The maximum Gasteiger partial charge on any atom is 0.275 e. The second-order valence-electron chi connectivity index (χ2n) is 5.54. The van der Waals surface area contributed by atoms with Gasteiger partial charge in [0, 0.05) is 11.1 Å². The minimum atomic E-state index is -1.89. The van der Waals surface area contributed by atoms with Crippen LogP contribution >= 0.6 is 0 Å². The lowest BCUT2D eigenvalue weighted by Gasteiger charge is -2.10. The number of hydrogen-bond donors (Lipinski definition) is 1. The van der Waals surface area contributed by atoms with Crippen molar-refractivity contribution in [1.29, 1.82) is 0 Å². The van der Waals surface area contributed by atoms with Gasteiger partial charge in [-0.1, -0.05) is 24.3 Å². The van der Waals surface area contributed by atoms with Crippen molar-refractivity contribution in [3.05, 3.63) is 82.0 Å².